The molecule has 0 aromatic heterocycles. The zero-order chi connectivity index (χ0) is 18.5. The molecule has 0 amide bonds. The fourth-order valence-electron chi connectivity index (χ4n) is 2.63. The maximum Gasteiger partial charge on any atom is 0.165 e. The number of nitrogens with one attached hydrogen (secondary N) is 1. The highest BCUT2D eigenvalue weighted by Gasteiger charge is 2.17. The lowest BCUT2D eigenvalue weighted by Gasteiger charge is -2.20. The molecule has 3 rings (SSSR count). The number of anilines is 1. The van der Waals surface area contributed by atoms with Gasteiger partial charge < -0.3 is 5.32 Å². The van der Waals surface area contributed by atoms with Crippen LogP contribution in [0.3, 0.4) is 0 Å². The summed E-state index contributed by atoms with van der Waals surface area (Å²) < 4.78 is 2.13. The van der Waals surface area contributed by atoms with Crippen LogP contribution in [0.1, 0.15) is 28.4 Å². The molecule has 0 heterocycles. The van der Waals surface area contributed by atoms with Gasteiger partial charge in [0.05, 0.1) is 6.04 Å². The summed E-state index contributed by atoms with van der Waals surface area (Å²) in [5, 5.41) is 4.16. The smallest absolute Gasteiger partial charge is 0.165 e. The summed E-state index contributed by atoms with van der Waals surface area (Å²) >= 11 is 11.7. The van der Waals surface area contributed by atoms with Crippen LogP contribution in [0.25, 0.3) is 0 Å². The van der Waals surface area contributed by atoms with Crippen LogP contribution in [0.15, 0.2) is 77.3 Å². The third-order valence-electron chi connectivity index (χ3n) is 4.01. The first-order valence-electron chi connectivity index (χ1n) is 8.07. The minimum atomic E-state index is -0.136. The number of benzene rings is 3. The maximum absolute atomic E-state index is 12.8. The Morgan fingerprint density at radius 2 is 1.58 bits per heavy atom. The number of hydrogen-bond acceptors (Lipinski definition) is 2. The van der Waals surface area contributed by atoms with E-state index in [0.29, 0.717) is 17.0 Å². The zero-order valence-corrected chi connectivity index (χ0v) is 18.3. The topological polar surface area (TPSA) is 29.1 Å². The van der Waals surface area contributed by atoms with E-state index in [2.05, 4.69) is 43.8 Å². The van der Waals surface area contributed by atoms with Gasteiger partial charge in [-0.25, -0.2) is 0 Å². The summed E-state index contributed by atoms with van der Waals surface area (Å²) in [5.74, 6) is 0.0930. The highest BCUT2D eigenvalue weighted by molar-refractivity contribution is 14.1. The summed E-state index contributed by atoms with van der Waals surface area (Å²) in [7, 11) is 0. The molecule has 5 heteroatoms. The Kier molecular flexibility index (Phi) is 6.73. The van der Waals surface area contributed by atoms with Gasteiger partial charge in [0.25, 0.3) is 0 Å². The number of ketones is 1. The first-order valence-corrected chi connectivity index (χ1v) is 10.3. The van der Waals surface area contributed by atoms with Crippen LogP contribution in [0, 0.1) is 3.57 Å². The quantitative estimate of drug-likeness (QED) is 0.266. The monoisotopic (exact) mass is 539 g/mol. The minimum absolute atomic E-state index is 0.0930. The van der Waals surface area contributed by atoms with Crippen molar-refractivity contribution in [3.05, 3.63) is 97.0 Å². The van der Waals surface area contributed by atoms with Crippen LogP contribution >= 0.6 is 50.1 Å². The molecule has 0 aliphatic rings. The Labute approximate surface area is 180 Å². The fraction of sp³-hybridized carbons (Fsp3) is 0.0952. The maximum atomic E-state index is 12.8. The molecule has 26 heavy (non-hydrogen) atoms. The second-order valence-electron chi connectivity index (χ2n) is 5.89. The van der Waals surface area contributed by atoms with Crippen LogP contribution in [0.4, 0.5) is 5.69 Å². The second-order valence-corrected chi connectivity index (χ2v) is 8.49. The molecule has 3 aromatic carbocycles. The van der Waals surface area contributed by atoms with Gasteiger partial charge in [0, 0.05) is 30.7 Å². The summed E-state index contributed by atoms with van der Waals surface area (Å²) in [6.07, 6.45) is 0.356. The number of rotatable bonds is 6. The van der Waals surface area contributed by atoms with Crippen LogP contribution in [0.5, 0.6) is 0 Å². The van der Waals surface area contributed by atoms with Crippen molar-refractivity contribution in [2.24, 2.45) is 0 Å². The fourth-order valence-corrected chi connectivity index (χ4v) is 3.38. The van der Waals surface area contributed by atoms with Crippen LogP contribution in [-0.4, -0.2) is 5.78 Å². The molecule has 0 radical (unpaired) electrons. The van der Waals surface area contributed by atoms with Gasteiger partial charge in [0.1, 0.15) is 0 Å². The molecular weight excluding hydrogens is 524 g/mol. The van der Waals surface area contributed by atoms with Gasteiger partial charge in [-0.05, 0) is 76.7 Å². The molecule has 0 aliphatic carbocycles. The molecule has 1 unspecified atom stereocenters. The highest BCUT2D eigenvalue weighted by Crippen LogP contribution is 2.26. The molecular formula is C21H16BrClINO. The second kappa shape index (κ2) is 9.02. The van der Waals surface area contributed by atoms with Crippen molar-refractivity contribution in [1.29, 1.82) is 0 Å². The van der Waals surface area contributed by atoms with Gasteiger partial charge in [-0.1, -0.05) is 51.8 Å². The van der Waals surface area contributed by atoms with Crippen molar-refractivity contribution in [3.8, 4) is 0 Å². The Balaban J connectivity index is 1.84. The van der Waals surface area contributed by atoms with Crippen LogP contribution < -0.4 is 5.32 Å². The van der Waals surface area contributed by atoms with E-state index in [4.69, 9.17) is 11.6 Å². The lowest BCUT2D eigenvalue weighted by Crippen LogP contribution is -2.15. The molecule has 132 valence electrons. The van der Waals surface area contributed by atoms with E-state index >= 15 is 0 Å². The Hall–Kier alpha value is -1.37. The third-order valence-corrected chi connectivity index (χ3v) is 5.51. The van der Waals surface area contributed by atoms with Gasteiger partial charge in [-0.15, -0.1) is 0 Å². The van der Waals surface area contributed by atoms with E-state index in [0.717, 1.165) is 15.7 Å². The summed E-state index contributed by atoms with van der Waals surface area (Å²) in [6, 6.07) is 23.1. The predicted octanol–water partition coefficient (Wildman–Crippen LogP) is 7.13. The van der Waals surface area contributed by atoms with E-state index in [9.17, 15) is 4.79 Å². The first kappa shape index (κ1) is 19.4. The molecule has 2 nitrogen and oxygen atoms in total. The highest BCUT2D eigenvalue weighted by atomic mass is 127. The summed E-state index contributed by atoms with van der Waals surface area (Å²) in [4.78, 5) is 12.8. The summed E-state index contributed by atoms with van der Waals surface area (Å²) in [5.41, 5.74) is 2.71. The van der Waals surface area contributed by atoms with Crippen molar-refractivity contribution in [2.75, 3.05) is 5.32 Å². The minimum Gasteiger partial charge on any atom is -0.378 e. The largest absolute Gasteiger partial charge is 0.378 e. The van der Waals surface area contributed by atoms with Gasteiger partial charge in [0.2, 0.25) is 0 Å². The van der Waals surface area contributed by atoms with Gasteiger partial charge >= 0.3 is 0 Å². The van der Waals surface area contributed by atoms with E-state index in [-0.39, 0.29) is 11.8 Å². The number of carbonyl (C=O) groups is 1. The average molecular weight is 541 g/mol. The third kappa shape index (κ3) is 5.32. The number of Topliss-reactive ketones (excluding diaryl/α,β-unsaturated/α-hetero) is 1. The Bertz CT molecular complexity index is 879. The molecule has 0 saturated heterocycles. The van der Waals surface area contributed by atoms with Crippen molar-refractivity contribution in [3.63, 3.8) is 0 Å². The molecule has 1 N–H and O–H groups in total. The number of carbonyl (C=O) groups excluding carboxylic acids is 1. The van der Waals surface area contributed by atoms with E-state index in [1.54, 1.807) is 0 Å². The molecule has 1 atom stereocenters. The van der Waals surface area contributed by atoms with E-state index < -0.39 is 0 Å². The predicted molar refractivity (Wildman–Crippen MR) is 120 cm³/mol. The van der Waals surface area contributed by atoms with Crippen molar-refractivity contribution in [1.82, 2.24) is 0 Å². The lowest BCUT2D eigenvalue weighted by molar-refractivity contribution is 0.0976. The van der Waals surface area contributed by atoms with Crippen LogP contribution in [0.2, 0.25) is 5.02 Å². The SMILES string of the molecule is O=C(CC(Nc1ccc(I)cc1)c1ccc(Cl)cc1)c1ccc(Br)cc1. The zero-order valence-electron chi connectivity index (χ0n) is 13.8. The van der Waals surface area contributed by atoms with Crippen molar-refractivity contribution >= 4 is 61.6 Å². The Morgan fingerprint density at radius 3 is 2.19 bits per heavy atom. The van der Waals surface area contributed by atoms with Gasteiger partial charge in [0.15, 0.2) is 5.78 Å². The molecule has 0 aliphatic heterocycles. The standard InChI is InChI=1S/C21H16BrClINO/c22-16-5-1-15(2-6-16)21(26)13-20(14-3-7-17(23)8-4-14)25-19-11-9-18(24)10-12-19/h1-12,20,25H,13H2. The molecule has 0 bridgehead atoms. The van der Waals surface area contributed by atoms with E-state index in [1.807, 2.05) is 72.8 Å². The van der Waals surface area contributed by atoms with Gasteiger partial charge in [-0.3, -0.25) is 4.79 Å². The first-order chi connectivity index (χ1) is 12.5. The normalized spacial score (nSPS) is 11.8. The Morgan fingerprint density at radius 1 is 0.962 bits per heavy atom. The van der Waals surface area contributed by atoms with Crippen LogP contribution in [-0.2, 0) is 0 Å². The molecule has 0 saturated carbocycles. The molecule has 0 spiro atoms. The van der Waals surface area contributed by atoms with Crippen molar-refractivity contribution in [2.45, 2.75) is 12.5 Å². The molecule has 3 aromatic rings. The van der Waals surface area contributed by atoms with Gasteiger partial charge in [-0.2, -0.15) is 0 Å². The van der Waals surface area contributed by atoms with E-state index in [1.165, 1.54) is 3.57 Å². The van der Waals surface area contributed by atoms with Crippen molar-refractivity contribution < 1.29 is 4.79 Å². The number of halogens is 3. The lowest BCUT2D eigenvalue weighted by atomic mass is 9.97. The molecule has 0 fully saturated rings. The number of hydrogen-bond donors (Lipinski definition) is 1. The summed E-state index contributed by atoms with van der Waals surface area (Å²) in [6.45, 7) is 0. The average Bonchev–Trinajstić information content (AvgIpc) is 2.64.